The normalized spacial score (nSPS) is 10.4. The van der Waals surface area contributed by atoms with Gasteiger partial charge in [-0.2, -0.15) is 0 Å². The van der Waals surface area contributed by atoms with E-state index in [1.54, 1.807) is 12.3 Å². The Morgan fingerprint density at radius 3 is 2.93 bits per heavy atom. The molecule has 0 saturated carbocycles. The Morgan fingerprint density at radius 1 is 1.43 bits per heavy atom. The molecule has 0 atom stereocenters. The Bertz CT molecular complexity index is 436. The third-order valence-corrected chi connectivity index (χ3v) is 2.02. The monoisotopic (exact) mass is 191 g/mol. The summed E-state index contributed by atoms with van der Waals surface area (Å²) in [5, 5.41) is 0. The van der Waals surface area contributed by atoms with Crippen LogP contribution in [0.5, 0.6) is 0 Å². The van der Waals surface area contributed by atoms with Crippen molar-refractivity contribution in [2.45, 2.75) is 6.42 Å². The van der Waals surface area contributed by atoms with Crippen LogP contribution in [0.1, 0.15) is 11.3 Å². The van der Waals surface area contributed by atoms with E-state index in [0.29, 0.717) is 6.42 Å². The van der Waals surface area contributed by atoms with E-state index >= 15 is 0 Å². The fourth-order valence-electron chi connectivity index (χ4n) is 1.33. The molecule has 4 heteroatoms. The highest BCUT2D eigenvalue weighted by Crippen LogP contribution is 2.08. The number of nitrogens with two attached hydrogens (primary N) is 1. The molecule has 3 nitrogen and oxygen atoms in total. The SMILES string of the molecule is Nn1cncc1Cc1cccc(F)c1. The Labute approximate surface area is 81.0 Å². The molecule has 2 rings (SSSR count). The molecule has 0 aliphatic carbocycles. The summed E-state index contributed by atoms with van der Waals surface area (Å²) in [6, 6.07) is 6.45. The van der Waals surface area contributed by atoms with Crippen molar-refractivity contribution in [3.8, 4) is 0 Å². The van der Waals surface area contributed by atoms with Crippen LogP contribution in [0.3, 0.4) is 0 Å². The van der Waals surface area contributed by atoms with Crippen LogP contribution in [0.25, 0.3) is 0 Å². The molecule has 0 aliphatic rings. The van der Waals surface area contributed by atoms with Gasteiger partial charge in [0.25, 0.3) is 0 Å². The van der Waals surface area contributed by atoms with Gasteiger partial charge in [0.15, 0.2) is 0 Å². The van der Waals surface area contributed by atoms with E-state index in [4.69, 9.17) is 5.84 Å². The summed E-state index contributed by atoms with van der Waals surface area (Å²) < 4.78 is 14.3. The quantitative estimate of drug-likeness (QED) is 0.728. The molecule has 0 unspecified atom stereocenters. The van der Waals surface area contributed by atoms with Gasteiger partial charge >= 0.3 is 0 Å². The van der Waals surface area contributed by atoms with Gasteiger partial charge in [-0.05, 0) is 17.7 Å². The first kappa shape index (κ1) is 8.74. The van der Waals surface area contributed by atoms with Gasteiger partial charge in [-0.1, -0.05) is 12.1 Å². The fourth-order valence-corrected chi connectivity index (χ4v) is 1.33. The van der Waals surface area contributed by atoms with Crippen molar-refractivity contribution >= 4 is 0 Å². The molecule has 0 spiro atoms. The van der Waals surface area contributed by atoms with Gasteiger partial charge in [-0.15, -0.1) is 0 Å². The van der Waals surface area contributed by atoms with Crippen molar-refractivity contribution in [2.24, 2.45) is 0 Å². The van der Waals surface area contributed by atoms with Gasteiger partial charge in [0, 0.05) is 6.42 Å². The minimum absolute atomic E-state index is 0.231. The zero-order chi connectivity index (χ0) is 9.97. The van der Waals surface area contributed by atoms with E-state index in [0.717, 1.165) is 11.3 Å². The number of imidazole rings is 1. The predicted molar refractivity (Wildman–Crippen MR) is 51.6 cm³/mol. The molecule has 2 aromatic rings. The number of aromatic nitrogens is 2. The molecule has 1 aromatic heterocycles. The first-order valence-corrected chi connectivity index (χ1v) is 4.26. The molecule has 72 valence electrons. The number of rotatable bonds is 2. The lowest BCUT2D eigenvalue weighted by Gasteiger charge is -2.01. The Hall–Kier alpha value is -1.84. The number of benzene rings is 1. The van der Waals surface area contributed by atoms with Crippen LogP contribution in [0.4, 0.5) is 4.39 Å². The summed E-state index contributed by atoms with van der Waals surface area (Å²) in [7, 11) is 0. The topological polar surface area (TPSA) is 43.8 Å². The molecule has 14 heavy (non-hydrogen) atoms. The fraction of sp³-hybridized carbons (Fsp3) is 0.100. The molecule has 0 saturated heterocycles. The number of halogens is 1. The lowest BCUT2D eigenvalue weighted by molar-refractivity contribution is 0.626. The molecule has 0 radical (unpaired) electrons. The average Bonchev–Trinajstić information content (AvgIpc) is 2.52. The van der Waals surface area contributed by atoms with Crippen LogP contribution in [0, 0.1) is 5.82 Å². The van der Waals surface area contributed by atoms with Gasteiger partial charge in [0.05, 0.1) is 11.9 Å². The highest BCUT2D eigenvalue weighted by atomic mass is 19.1. The van der Waals surface area contributed by atoms with Gasteiger partial charge in [0.1, 0.15) is 12.1 Å². The molecule has 0 bridgehead atoms. The minimum atomic E-state index is -0.231. The van der Waals surface area contributed by atoms with Crippen molar-refractivity contribution in [1.82, 2.24) is 9.66 Å². The zero-order valence-electron chi connectivity index (χ0n) is 7.52. The van der Waals surface area contributed by atoms with Crippen LogP contribution in [0.15, 0.2) is 36.8 Å². The summed E-state index contributed by atoms with van der Waals surface area (Å²) in [4.78, 5) is 3.88. The largest absolute Gasteiger partial charge is 0.338 e. The number of nitrogen functional groups attached to an aromatic ring is 1. The molecular formula is C10H10FN3. The summed E-state index contributed by atoms with van der Waals surface area (Å²) in [5.74, 6) is 5.36. The maximum atomic E-state index is 12.8. The van der Waals surface area contributed by atoms with E-state index in [-0.39, 0.29) is 5.82 Å². The van der Waals surface area contributed by atoms with Gasteiger partial charge in [-0.25, -0.2) is 9.37 Å². The van der Waals surface area contributed by atoms with Crippen LogP contribution in [0.2, 0.25) is 0 Å². The van der Waals surface area contributed by atoms with Gasteiger partial charge in [-0.3, -0.25) is 4.68 Å². The Balaban J connectivity index is 2.23. The number of hydrogen-bond donors (Lipinski definition) is 1. The van der Waals surface area contributed by atoms with E-state index in [2.05, 4.69) is 4.98 Å². The highest BCUT2D eigenvalue weighted by molar-refractivity contribution is 5.21. The lowest BCUT2D eigenvalue weighted by atomic mass is 10.1. The second-order valence-electron chi connectivity index (χ2n) is 3.10. The zero-order valence-corrected chi connectivity index (χ0v) is 7.52. The molecular weight excluding hydrogens is 181 g/mol. The Kier molecular flexibility index (Phi) is 2.18. The smallest absolute Gasteiger partial charge is 0.123 e. The molecule has 2 N–H and O–H groups in total. The van der Waals surface area contributed by atoms with Crippen molar-refractivity contribution in [2.75, 3.05) is 5.84 Å². The summed E-state index contributed by atoms with van der Waals surface area (Å²) >= 11 is 0. The molecule has 0 fully saturated rings. The molecule has 0 aliphatic heterocycles. The number of hydrogen-bond acceptors (Lipinski definition) is 2. The third-order valence-electron chi connectivity index (χ3n) is 2.02. The van der Waals surface area contributed by atoms with E-state index in [9.17, 15) is 4.39 Å². The Morgan fingerprint density at radius 2 is 2.29 bits per heavy atom. The molecule has 1 aromatic carbocycles. The summed E-state index contributed by atoms with van der Waals surface area (Å²) in [6.45, 7) is 0. The first-order valence-electron chi connectivity index (χ1n) is 4.26. The average molecular weight is 191 g/mol. The summed E-state index contributed by atoms with van der Waals surface area (Å²) in [5.41, 5.74) is 1.74. The van der Waals surface area contributed by atoms with Gasteiger partial charge < -0.3 is 5.84 Å². The van der Waals surface area contributed by atoms with Crippen LogP contribution in [-0.2, 0) is 6.42 Å². The van der Waals surface area contributed by atoms with E-state index in [1.165, 1.54) is 23.1 Å². The molecule has 1 heterocycles. The lowest BCUT2D eigenvalue weighted by Crippen LogP contribution is -2.10. The van der Waals surface area contributed by atoms with Crippen LogP contribution in [-0.4, -0.2) is 9.66 Å². The maximum Gasteiger partial charge on any atom is 0.123 e. The van der Waals surface area contributed by atoms with Crippen molar-refractivity contribution in [1.29, 1.82) is 0 Å². The second-order valence-corrected chi connectivity index (χ2v) is 3.10. The van der Waals surface area contributed by atoms with E-state index in [1.807, 2.05) is 6.07 Å². The third kappa shape index (κ3) is 1.74. The van der Waals surface area contributed by atoms with Crippen LogP contribution >= 0.6 is 0 Å². The minimum Gasteiger partial charge on any atom is -0.338 e. The van der Waals surface area contributed by atoms with Crippen LogP contribution < -0.4 is 5.84 Å². The maximum absolute atomic E-state index is 12.8. The highest BCUT2D eigenvalue weighted by Gasteiger charge is 2.01. The standard InChI is InChI=1S/C10H10FN3/c11-9-3-1-2-8(4-9)5-10-6-13-7-14(10)12/h1-4,6-7H,5,12H2. The van der Waals surface area contributed by atoms with Crippen molar-refractivity contribution < 1.29 is 4.39 Å². The van der Waals surface area contributed by atoms with Crippen molar-refractivity contribution in [3.05, 3.63) is 53.9 Å². The molecule has 0 amide bonds. The van der Waals surface area contributed by atoms with Crippen molar-refractivity contribution in [3.63, 3.8) is 0 Å². The summed E-state index contributed by atoms with van der Waals surface area (Å²) in [6.07, 6.45) is 3.79. The second kappa shape index (κ2) is 3.49. The van der Waals surface area contributed by atoms with E-state index < -0.39 is 0 Å². The van der Waals surface area contributed by atoms with Gasteiger partial charge in [0.2, 0.25) is 0 Å². The predicted octanol–water partition coefficient (Wildman–Crippen LogP) is 1.33. The number of nitrogens with zero attached hydrogens (tertiary/aromatic N) is 2. The first-order chi connectivity index (χ1) is 6.75.